The second-order valence-electron chi connectivity index (χ2n) is 10.8. The number of nitrogens with one attached hydrogen (secondary N) is 1. The maximum Gasteiger partial charge on any atom is 0.253 e. The van der Waals surface area contributed by atoms with Gasteiger partial charge >= 0.3 is 0 Å². The van der Waals surface area contributed by atoms with E-state index in [0.717, 1.165) is 36.0 Å². The molecule has 3 aromatic carbocycles. The van der Waals surface area contributed by atoms with Crippen LogP contribution in [0.5, 0.6) is 0 Å². The SMILES string of the molecule is C[C@@H](n1cc2cc(NC3CCN(C(=O)c4ccccc4)CC3)ccc2n1)[C@](O)(Cn1cncn1)c1ccc(F)cc1F. The molecule has 0 aliphatic carbocycles. The molecule has 1 saturated heterocycles. The van der Waals surface area contributed by atoms with Crippen LogP contribution < -0.4 is 5.32 Å². The van der Waals surface area contributed by atoms with Crippen molar-refractivity contribution >= 4 is 22.5 Å². The zero-order chi connectivity index (χ0) is 29.3. The molecule has 216 valence electrons. The molecule has 1 fully saturated rings. The molecule has 0 bridgehead atoms. The minimum Gasteiger partial charge on any atom is -0.382 e. The van der Waals surface area contributed by atoms with Crippen LogP contribution in [-0.4, -0.2) is 59.6 Å². The van der Waals surface area contributed by atoms with Gasteiger partial charge in [-0.25, -0.2) is 18.4 Å². The summed E-state index contributed by atoms with van der Waals surface area (Å²) in [5, 5.41) is 25.1. The lowest BCUT2D eigenvalue weighted by Gasteiger charge is -2.34. The van der Waals surface area contributed by atoms with Crippen LogP contribution in [0.25, 0.3) is 10.9 Å². The fourth-order valence-electron chi connectivity index (χ4n) is 5.62. The monoisotopic (exact) mass is 571 g/mol. The maximum atomic E-state index is 15.0. The van der Waals surface area contributed by atoms with Gasteiger partial charge in [-0.3, -0.25) is 9.48 Å². The number of hydrogen-bond acceptors (Lipinski definition) is 6. The fourth-order valence-corrected chi connectivity index (χ4v) is 5.62. The molecule has 0 saturated carbocycles. The molecule has 5 aromatic rings. The van der Waals surface area contributed by atoms with E-state index in [1.54, 1.807) is 17.8 Å². The first-order valence-electron chi connectivity index (χ1n) is 13.9. The summed E-state index contributed by atoms with van der Waals surface area (Å²) >= 11 is 0. The minimum atomic E-state index is -1.82. The van der Waals surface area contributed by atoms with Gasteiger partial charge in [0, 0.05) is 53.6 Å². The molecule has 9 nitrogen and oxygen atoms in total. The highest BCUT2D eigenvalue weighted by atomic mass is 19.1. The number of aliphatic hydroxyl groups is 1. The molecule has 6 rings (SSSR count). The van der Waals surface area contributed by atoms with Gasteiger partial charge in [0.05, 0.1) is 18.1 Å². The molecule has 1 aliphatic heterocycles. The topological polar surface area (TPSA) is 101 Å². The van der Waals surface area contributed by atoms with Crippen LogP contribution in [0, 0.1) is 11.6 Å². The van der Waals surface area contributed by atoms with Crippen LogP contribution in [0.3, 0.4) is 0 Å². The van der Waals surface area contributed by atoms with Gasteiger partial charge in [-0.1, -0.05) is 24.3 Å². The van der Waals surface area contributed by atoms with Crippen molar-refractivity contribution in [2.24, 2.45) is 0 Å². The molecular formula is C31H31F2N7O2. The highest BCUT2D eigenvalue weighted by molar-refractivity contribution is 5.94. The Morgan fingerprint density at radius 3 is 2.60 bits per heavy atom. The number of aromatic nitrogens is 5. The van der Waals surface area contributed by atoms with E-state index in [4.69, 9.17) is 0 Å². The van der Waals surface area contributed by atoms with Gasteiger partial charge in [-0.05, 0) is 56.2 Å². The van der Waals surface area contributed by atoms with Gasteiger partial charge < -0.3 is 15.3 Å². The van der Waals surface area contributed by atoms with Crippen LogP contribution in [0.4, 0.5) is 14.5 Å². The van der Waals surface area contributed by atoms with E-state index in [1.807, 2.05) is 53.4 Å². The molecule has 11 heteroatoms. The summed E-state index contributed by atoms with van der Waals surface area (Å²) in [4.78, 5) is 18.6. The quantitative estimate of drug-likeness (QED) is 0.278. The zero-order valence-electron chi connectivity index (χ0n) is 23.1. The largest absolute Gasteiger partial charge is 0.382 e. The molecule has 0 radical (unpaired) electrons. The van der Waals surface area contributed by atoms with Crippen molar-refractivity contribution < 1.29 is 18.7 Å². The summed E-state index contributed by atoms with van der Waals surface area (Å²) in [6, 6.07) is 17.8. The lowest BCUT2D eigenvalue weighted by atomic mass is 9.86. The number of anilines is 1. The molecule has 0 unspecified atom stereocenters. The van der Waals surface area contributed by atoms with E-state index in [0.29, 0.717) is 24.2 Å². The molecule has 1 amide bonds. The number of rotatable bonds is 8. The molecule has 3 heterocycles. The minimum absolute atomic E-state index is 0.0568. The van der Waals surface area contributed by atoms with Crippen LogP contribution in [-0.2, 0) is 12.1 Å². The number of hydrogen-bond donors (Lipinski definition) is 2. The van der Waals surface area contributed by atoms with E-state index >= 15 is 0 Å². The number of piperidine rings is 1. The molecular weight excluding hydrogens is 540 g/mol. The van der Waals surface area contributed by atoms with Gasteiger partial charge in [-0.2, -0.15) is 10.2 Å². The normalized spacial score (nSPS) is 16.3. The summed E-state index contributed by atoms with van der Waals surface area (Å²) in [7, 11) is 0. The van der Waals surface area contributed by atoms with E-state index in [-0.39, 0.29) is 24.1 Å². The summed E-state index contributed by atoms with van der Waals surface area (Å²) in [5.74, 6) is -1.53. The Labute approximate surface area is 241 Å². The summed E-state index contributed by atoms with van der Waals surface area (Å²) < 4.78 is 31.7. The average molecular weight is 572 g/mol. The number of carbonyl (C=O) groups is 1. The van der Waals surface area contributed by atoms with Crippen LogP contribution >= 0.6 is 0 Å². The average Bonchev–Trinajstić information content (AvgIpc) is 3.67. The molecule has 2 aromatic heterocycles. The molecule has 42 heavy (non-hydrogen) atoms. The summed E-state index contributed by atoms with van der Waals surface area (Å²) in [6.07, 6.45) is 6.21. The van der Waals surface area contributed by atoms with E-state index in [1.165, 1.54) is 23.4 Å². The number of benzene rings is 3. The molecule has 2 N–H and O–H groups in total. The third-order valence-electron chi connectivity index (χ3n) is 8.05. The fraction of sp³-hybridized carbons (Fsp3) is 0.290. The van der Waals surface area contributed by atoms with Crippen molar-refractivity contribution in [3.8, 4) is 0 Å². The van der Waals surface area contributed by atoms with E-state index in [9.17, 15) is 18.7 Å². The number of carbonyl (C=O) groups excluding carboxylic acids is 1. The Balaban J connectivity index is 1.19. The Morgan fingerprint density at radius 2 is 1.88 bits per heavy atom. The van der Waals surface area contributed by atoms with Gasteiger partial charge in [-0.15, -0.1) is 0 Å². The first-order valence-corrected chi connectivity index (χ1v) is 13.9. The second-order valence-corrected chi connectivity index (χ2v) is 10.8. The Kier molecular flexibility index (Phi) is 7.42. The predicted molar refractivity (Wildman–Crippen MR) is 154 cm³/mol. The number of amides is 1. The third-order valence-corrected chi connectivity index (χ3v) is 8.05. The molecule has 0 spiro atoms. The Hall–Kier alpha value is -4.64. The first-order chi connectivity index (χ1) is 20.3. The lowest BCUT2D eigenvalue weighted by Crippen LogP contribution is -2.42. The van der Waals surface area contributed by atoms with Crippen molar-refractivity contribution in [2.75, 3.05) is 18.4 Å². The van der Waals surface area contributed by atoms with E-state index in [2.05, 4.69) is 20.5 Å². The molecule has 2 atom stereocenters. The zero-order valence-corrected chi connectivity index (χ0v) is 23.1. The Morgan fingerprint density at radius 1 is 1.10 bits per heavy atom. The Bertz CT molecular complexity index is 1680. The summed E-state index contributed by atoms with van der Waals surface area (Å²) in [5.41, 5.74) is 0.449. The first kappa shape index (κ1) is 27.5. The van der Waals surface area contributed by atoms with E-state index < -0.39 is 23.3 Å². The van der Waals surface area contributed by atoms with Crippen molar-refractivity contribution in [3.63, 3.8) is 0 Å². The smallest absolute Gasteiger partial charge is 0.253 e. The van der Waals surface area contributed by atoms with Crippen molar-refractivity contribution in [3.05, 3.63) is 108 Å². The molecule has 1 aliphatic rings. The predicted octanol–water partition coefficient (Wildman–Crippen LogP) is 4.77. The third kappa shape index (κ3) is 5.47. The summed E-state index contributed by atoms with van der Waals surface area (Å²) in [6.45, 7) is 2.96. The van der Waals surface area contributed by atoms with Gasteiger partial charge in [0.25, 0.3) is 5.91 Å². The van der Waals surface area contributed by atoms with Crippen molar-refractivity contribution in [1.29, 1.82) is 0 Å². The van der Waals surface area contributed by atoms with Crippen LogP contribution in [0.1, 0.15) is 41.7 Å². The van der Waals surface area contributed by atoms with Gasteiger partial charge in [0.1, 0.15) is 29.9 Å². The number of halogens is 2. The van der Waals surface area contributed by atoms with Crippen LogP contribution in [0.15, 0.2) is 85.6 Å². The standard InChI is InChI=1S/C31H31F2N7O2/c1-21(31(42,18-39-20-34-19-35-39)27-9-7-24(32)16-28(27)33)40-17-23-15-26(8-10-29(23)37-40)36-25-11-13-38(14-12-25)30(41)22-5-3-2-4-6-22/h2-10,15-17,19-21,25,36,42H,11-14,18H2,1H3/t21-,31-/m1/s1. The van der Waals surface area contributed by atoms with Crippen molar-refractivity contribution in [2.45, 2.75) is 44.0 Å². The number of fused-ring (bicyclic) bond motifs is 1. The van der Waals surface area contributed by atoms with Crippen LogP contribution in [0.2, 0.25) is 0 Å². The number of likely N-dealkylation sites (tertiary alicyclic amines) is 1. The second kappa shape index (κ2) is 11.3. The highest BCUT2D eigenvalue weighted by Gasteiger charge is 2.41. The maximum absolute atomic E-state index is 15.0. The van der Waals surface area contributed by atoms with Gasteiger partial charge in [0.2, 0.25) is 0 Å². The van der Waals surface area contributed by atoms with Crippen molar-refractivity contribution in [1.82, 2.24) is 29.4 Å². The lowest BCUT2D eigenvalue weighted by molar-refractivity contribution is -0.0366. The highest BCUT2D eigenvalue weighted by Crippen LogP contribution is 2.37. The van der Waals surface area contributed by atoms with Gasteiger partial charge in [0.15, 0.2) is 0 Å². The number of nitrogens with zero attached hydrogens (tertiary/aromatic N) is 6.